The number of anilines is 2. The number of nitrogens with two attached hydrogens (primary N) is 1. The molecule has 3 N–H and O–H groups in total. The van der Waals surface area contributed by atoms with E-state index in [1.54, 1.807) is 24.3 Å². The van der Waals surface area contributed by atoms with E-state index in [0.717, 1.165) is 5.56 Å². The molecule has 2 aromatic heterocycles. The lowest BCUT2D eigenvalue weighted by molar-refractivity contribution is 0.102. The first-order chi connectivity index (χ1) is 14.0. The standard InChI is InChI=1S/C21H15ClN6O/c1-12-2-8-15(9-3-12)26-21(29)17-11-25-28-19(24)16(10-23)18(27-20(17)28)13-4-6-14(22)7-5-13/h2-9,11H,24H2,1H3,(H,26,29). The Labute approximate surface area is 171 Å². The highest BCUT2D eigenvalue weighted by Gasteiger charge is 2.21. The van der Waals surface area contributed by atoms with Crippen molar-refractivity contribution in [2.45, 2.75) is 6.92 Å². The van der Waals surface area contributed by atoms with E-state index in [-0.39, 0.29) is 28.5 Å². The average molecular weight is 403 g/mol. The smallest absolute Gasteiger partial charge is 0.261 e. The molecule has 0 fully saturated rings. The van der Waals surface area contributed by atoms with Gasteiger partial charge in [0.05, 0.1) is 11.9 Å². The molecule has 142 valence electrons. The number of nitrogens with zero attached hydrogens (tertiary/aromatic N) is 4. The van der Waals surface area contributed by atoms with E-state index in [1.807, 2.05) is 31.2 Å². The Morgan fingerprint density at radius 3 is 2.52 bits per heavy atom. The van der Waals surface area contributed by atoms with Crippen LogP contribution in [0.4, 0.5) is 11.5 Å². The predicted octanol–water partition coefficient (Wildman–Crippen LogP) is 4.06. The Kier molecular flexibility index (Phi) is 4.63. The minimum Gasteiger partial charge on any atom is -0.382 e. The van der Waals surface area contributed by atoms with Crippen LogP contribution in [0.1, 0.15) is 21.5 Å². The van der Waals surface area contributed by atoms with E-state index in [1.165, 1.54) is 10.7 Å². The van der Waals surface area contributed by atoms with Crippen LogP contribution in [0.3, 0.4) is 0 Å². The fraction of sp³-hybridized carbons (Fsp3) is 0.0476. The quantitative estimate of drug-likeness (QED) is 0.537. The molecule has 2 heterocycles. The molecule has 0 atom stereocenters. The SMILES string of the molecule is Cc1ccc(NC(=O)c2cnn3c(N)c(C#N)c(-c4ccc(Cl)cc4)nc23)cc1. The first-order valence-electron chi connectivity index (χ1n) is 8.69. The van der Waals surface area contributed by atoms with Gasteiger partial charge in [-0.3, -0.25) is 4.79 Å². The molecule has 0 bridgehead atoms. The third-order valence-corrected chi connectivity index (χ3v) is 4.72. The van der Waals surface area contributed by atoms with Crippen molar-refractivity contribution in [3.8, 4) is 17.3 Å². The summed E-state index contributed by atoms with van der Waals surface area (Å²) >= 11 is 5.96. The summed E-state index contributed by atoms with van der Waals surface area (Å²) in [5.74, 6) is -0.264. The molecular formula is C21H15ClN6O. The third-order valence-electron chi connectivity index (χ3n) is 4.47. The maximum absolute atomic E-state index is 12.8. The van der Waals surface area contributed by atoms with Gasteiger partial charge in [-0.25, -0.2) is 4.98 Å². The third kappa shape index (κ3) is 3.37. The maximum atomic E-state index is 12.8. The van der Waals surface area contributed by atoms with Gasteiger partial charge in [0.2, 0.25) is 0 Å². The lowest BCUT2D eigenvalue weighted by atomic mass is 10.1. The molecule has 4 aromatic rings. The number of aryl methyl sites for hydroxylation is 1. The monoisotopic (exact) mass is 402 g/mol. The number of carbonyl (C=O) groups excluding carboxylic acids is 1. The number of rotatable bonds is 3. The molecule has 7 nitrogen and oxygen atoms in total. The van der Waals surface area contributed by atoms with Crippen molar-refractivity contribution in [2.75, 3.05) is 11.1 Å². The minimum atomic E-state index is -0.373. The van der Waals surface area contributed by atoms with Crippen LogP contribution in [-0.4, -0.2) is 20.5 Å². The van der Waals surface area contributed by atoms with Crippen LogP contribution in [0, 0.1) is 18.3 Å². The highest BCUT2D eigenvalue weighted by atomic mass is 35.5. The fourth-order valence-corrected chi connectivity index (χ4v) is 3.06. The van der Waals surface area contributed by atoms with E-state index in [0.29, 0.717) is 22.0 Å². The number of fused-ring (bicyclic) bond motifs is 1. The number of amides is 1. The van der Waals surface area contributed by atoms with Gasteiger partial charge in [0.15, 0.2) is 5.65 Å². The number of nitrogens with one attached hydrogen (secondary N) is 1. The molecule has 4 rings (SSSR count). The first kappa shape index (κ1) is 18.5. The Morgan fingerprint density at radius 1 is 1.17 bits per heavy atom. The molecular weight excluding hydrogens is 388 g/mol. The van der Waals surface area contributed by atoms with E-state index < -0.39 is 0 Å². The molecule has 0 saturated heterocycles. The molecule has 0 radical (unpaired) electrons. The number of aromatic nitrogens is 3. The zero-order valence-corrected chi connectivity index (χ0v) is 16.1. The lowest BCUT2D eigenvalue weighted by Crippen LogP contribution is -2.13. The van der Waals surface area contributed by atoms with Crippen LogP contribution in [0.25, 0.3) is 16.9 Å². The molecule has 0 aliphatic carbocycles. The molecule has 2 aromatic carbocycles. The summed E-state index contributed by atoms with van der Waals surface area (Å²) in [6.45, 7) is 1.97. The van der Waals surface area contributed by atoms with Crippen molar-refractivity contribution in [3.63, 3.8) is 0 Å². The van der Waals surface area contributed by atoms with E-state index >= 15 is 0 Å². The fourth-order valence-electron chi connectivity index (χ4n) is 2.94. The first-order valence-corrected chi connectivity index (χ1v) is 9.07. The molecule has 0 aliphatic heterocycles. The molecule has 0 saturated carbocycles. The van der Waals surface area contributed by atoms with Gasteiger partial charge < -0.3 is 11.1 Å². The summed E-state index contributed by atoms with van der Waals surface area (Å²) in [6, 6.07) is 16.4. The number of hydrogen-bond acceptors (Lipinski definition) is 5. The molecule has 1 amide bonds. The highest BCUT2D eigenvalue weighted by Crippen LogP contribution is 2.28. The molecule has 0 spiro atoms. The molecule has 0 aliphatic rings. The van der Waals surface area contributed by atoms with Crippen molar-refractivity contribution in [3.05, 3.63) is 76.4 Å². The zero-order valence-electron chi connectivity index (χ0n) is 15.3. The predicted molar refractivity (Wildman–Crippen MR) is 112 cm³/mol. The average Bonchev–Trinajstić information content (AvgIpc) is 3.15. The van der Waals surface area contributed by atoms with Crippen molar-refractivity contribution < 1.29 is 4.79 Å². The Morgan fingerprint density at radius 2 is 1.86 bits per heavy atom. The van der Waals surface area contributed by atoms with Gasteiger partial charge in [-0.2, -0.15) is 14.9 Å². The summed E-state index contributed by atoms with van der Waals surface area (Å²) in [7, 11) is 0. The van der Waals surface area contributed by atoms with Crippen LogP contribution in [-0.2, 0) is 0 Å². The number of nitriles is 1. The van der Waals surface area contributed by atoms with Crippen LogP contribution in [0.15, 0.2) is 54.7 Å². The number of halogens is 1. The molecule has 29 heavy (non-hydrogen) atoms. The number of benzene rings is 2. The normalized spacial score (nSPS) is 10.7. The molecule has 0 unspecified atom stereocenters. The van der Waals surface area contributed by atoms with Crippen LogP contribution in [0.5, 0.6) is 0 Å². The Hall–Kier alpha value is -3.89. The van der Waals surface area contributed by atoms with Gasteiger partial charge in [-0.05, 0) is 31.2 Å². The van der Waals surface area contributed by atoms with Gasteiger partial charge in [0.25, 0.3) is 5.91 Å². The van der Waals surface area contributed by atoms with Gasteiger partial charge in [-0.15, -0.1) is 0 Å². The van der Waals surface area contributed by atoms with E-state index in [9.17, 15) is 10.1 Å². The zero-order chi connectivity index (χ0) is 20.5. The number of nitrogen functional groups attached to an aromatic ring is 1. The van der Waals surface area contributed by atoms with Crippen LogP contribution in [0.2, 0.25) is 5.02 Å². The topological polar surface area (TPSA) is 109 Å². The summed E-state index contributed by atoms with van der Waals surface area (Å²) in [5.41, 5.74) is 9.60. The molecule has 8 heteroatoms. The summed E-state index contributed by atoms with van der Waals surface area (Å²) in [5, 5.41) is 17.1. The second kappa shape index (κ2) is 7.26. The van der Waals surface area contributed by atoms with Gasteiger partial charge in [0.1, 0.15) is 23.0 Å². The minimum absolute atomic E-state index is 0.108. The Bertz CT molecular complexity index is 1270. The summed E-state index contributed by atoms with van der Waals surface area (Å²) in [6.07, 6.45) is 1.38. The number of carbonyl (C=O) groups is 1. The van der Waals surface area contributed by atoms with Crippen molar-refractivity contribution in [1.29, 1.82) is 5.26 Å². The summed E-state index contributed by atoms with van der Waals surface area (Å²) < 4.78 is 1.29. The van der Waals surface area contributed by atoms with Crippen molar-refractivity contribution >= 4 is 34.7 Å². The maximum Gasteiger partial charge on any atom is 0.261 e. The van der Waals surface area contributed by atoms with Crippen molar-refractivity contribution in [1.82, 2.24) is 14.6 Å². The van der Waals surface area contributed by atoms with Crippen LogP contribution < -0.4 is 11.1 Å². The van der Waals surface area contributed by atoms with Gasteiger partial charge in [0, 0.05) is 16.3 Å². The highest BCUT2D eigenvalue weighted by molar-refractivity contribution is 6.30. The second-order valence-corrected chi connectivity index (χ2v) is 6.89. The van der Waals surface area contributed by atoms with E-state index in [4.69, 9.17) is 17.3 Å². The van der Waals surface area contributed by atoms with Crippen LogP contribution >= 0.6 is 11.6 Å². The van der Waals surface area contributed by atoms with Gasteiger partial charge in [-0.1, -0.05) is 41.4 Å². The second-order valence-electron chi connectivity index (χ2n) is 6.45. The summed E-state index contributed by atoms with van der Waals surface area (Å²) in [4.78, 5) is 17.3. The largest absolute Gasteiger partial charge is 0.382 e. The van der Waals surface area contributed by atoms with E-state index in [2.05, 4.69) is 21.5 Å². The van der Waals surface area contributed by atoms with Crippen molar-refractivity contribution in [2.24, 2.45) is 0 Å². The lowest BCUT2D eigenvalue weighted by Gasteiger charge is -2.09. The number of hydrogen-bond donors (Lipinski definition) is 2. The Balaban J connectivity index is 1.82. The van der Waals surface area contributed by atoms with Gasteiger partial charge >= 0.3 is 0 Å².